The Morgan fingerprint density at radius 2 is 1.95 bits per heavy atom. The number of nitrogens with one attached hydrogen (secondary N) is 1. The normalized spacial score (nSPS) is 11.9. The second-order valence-electron chi connectivity index (χ2n) is 5.85. The summed E-state index contributed by atoms with van der Waals surface area (Å²) in [7, 11) is 0. The molecule has 0 bridgehead atoms. The molecule has 1 rings (SSSR count). The number of pyridine rings is 1. The van der Waals surface area contributed by atoms with Crippen molar-refractivity contribution in [2.45, 2.75) is 52.8 Å². The van der Waals surface area contributed by atoms with Gasteiger partial charge in [0.1, 0.15) is 6.61 Å². The molecule has 4 heteroatoms. The van der Waals surface area contributed by atoms with Crippen molar-refractivity contribution in [2.75, 3.05) is 13.2 Å². The van der Waals surface area contributed by atoms with Gasteiger partial charge in [0.15, 0.2) is 0 Å². The van der Waals surface area contributed by atoms with E-state index in [1.54, 1.807) is 0 Å². The Kier molecular flexibility index (Phi) is 6.25. The van der Waals surface area contributed by atoms with Crippen LogP contribution in [0.25, 0.3) is 0 Å². The third-order valence-corrected chi connectivity index (χ3v) is 2.38. The Labute approximate surface area is 116 Å². The molecule has 19 heavy (non-hydrogen) atoms. The first kappa shape index (κ1) is 15.9. The van der Waals surface area contributed by atoms with E-state index in [-0.39, 0.29) is 5.60 Å². The molecule has 0 aliphatic heterocycles. The molecule has 0 aromatic carbocycles. The maximum absolute atomic E-state index is 5.58. The zero-order chi connectivity index (χ0) is 14.3. The molecule has 0 aliphatic rings. The predicted octanol–water partition coefficient (Wildman–Crippen LogP) is 2.77. The highest BCUT2D eigenvalue weighted by Gasteiger charge is 2.09. The fourth-order valence-corrected chi connectivity index (χ4v) is 1.42. The van der Waals surface area contributed by atoms with Crippen LogP contribution in [0.15, 0.2) is 18.3 Å². The van der Waals surface area contributed by atoms with Crippen LogP contribution < -0.4 is 10.1 Å². The molecule has 0 spiro atoms. The van der Waals surface area contributed by atoms with Crippen molar-refractivity contribution < 1.29 is 9.47 Å². The number of hydrogen-bond donors (Lipinski definition) is 1. The standard InChI is InChI=1S/C15H26N2O2/c1-12(2)16-10-13-6-7-14(17-11-13)18-8-9-19-15(3,4)5/h6-7,11-12,16H,8-10H2,1-5H3. The first-order chi connectivity index (χ1) is 8.87. The maximum Gasteiger partial charge on any atom is 0.213 e. The van der Waals surface area contributed by atoms with E-state index < -0.39 is 0 Å². The summed E-state index contributed by atoms with van der Waals surface area (Å²) in [6, 6.07) is 4.40. The third kappa shape index (κ3) is 7.80. The highest BCUT2D eigenvalue weighted by Crippen LogP contribution is 2.09. The summed E-state index contributed by atoms with van der Waals surface area (Å²) in [6.07, 6.45) is 1.84. The smallest absolute Gasteiger partial charge is 0.213 e. The van der Waals surface area contributed by atoms with Crippen LogP contribution in [0, 0.1) is 0 Å². The summed E-state index contributed by atoms with van der Waals surface area (Å²) in [5.74, 6) is 0.644. The fourth-order valence-electron chi connectivity index (χ4n) is 1.42. The van der Waals surface area contributed by atoms with Gasteiger partial charge in [-0.15, -0.1) is 0 Å². The maximum atomic E-state index is 5.58. The predicted molar refractivity (Wildman–Crippen MR) is 77.4 cm³/mol. The summed E-state index contributed by atoms with van der Waals surface area (Å²) in [5, 5.41) is 3.35. The molecule has 0 amide bonds. The molecule has 0 saturated heterocycles. The SMILES string of the molecule is CC(C)NCc1ccc(OCCOC(C)(C)C)nc1. The minimum Gasteiger partial charge on any atom is -0.475 e. The summed E-state index contributed by atoms with van der Waals surface area (Å²) in [6.45, 7) is 12.3. The lowest BCUT2D eigenvalue weighted by molar-refractivity contribution is -0.0168. The average Bonchev–Trinajstić information content (AvgIpc) is 2.32. The van der Waals surface area contributed by atoms with Crippen molar-refractivity contribution in [1.29, 1.82) is 0 Å². The molecule has 0 atom stereocenters. The van der Waals surface area contributed by atoms with Gasteiger partial charge >= 0.3 is 0 Å². The largest absolute Gasteiger partial charge is 0.475 e. The lowest BCUT2D eigenvalue weighted by Crippen LogP contribution is -2.22. The molecule has 1 aromatic rings. The lowest BCUT2D eigenvalue weighted by Gasteiger charge is -2.19. The summed E-state index contributed by atoms with van der Waals surface area (Å²) >= 11 is 0. The van der Waals surface area contributed by atoms with Crippen LogP contribution in [0.3, 0.4) is 0 Å². The van der Waals surface area contributed by atoms with Crippen molar-refractivity contribution in [2.24, 2.45) is 0 Å². The molecule has 1 aromatic heterocycles. The highest BCUT2D eigenvalue weighted by atomic mass is 16.5. The highest BCUT2D eigenvalue weighted by molar-refractivity contribution is 5.17. The van der Waals surface area contributed by atoms with Gasteiger partial charge in [-0.3, -0.25) is 0 Å². The van der Waals surface area contributed by atoms with Gasteiger partial charge in [0.05, 0.1) is 12.2 Å². The minimum absolute atomic E-state index is 0.122. The van der Waals surface area contributed by atoms with Gasteiger partial charge in [-0.1, -0.05) is 19.9 Å². The molecule has 0 fully saturated rings. The Morgan fingerprint density at radius 3 is 2.47 bits per heavy atom. The molecule has 0 aliphatic carbocycles. The fraction of sp³-hybridized carbons (Fsp3) is 0.667. The van der Waals surface area contributed by atoms with Gasteiger partial charge in [0, 0.05) is 24.8 Å². The molecule has 1 N–H and O–H groups in total. The zero-order valence-corrected chi connectivity index (χ0v) is 12.7. The van der Waals surface area contributed by atoms with Crippen molar-refractivity contribution in [3.8, 4) is 5.88 Å². The van der Waals surface area contributed by atoms with Gasteiger partial charge in [-0.25, -0.2) is 4.98 Å². The zero-order valence-electron chi connectivity index (χ0n) is 12.7. The molecule has 0 unspecified atom stereocenters. The second-order valence-corrected chi connectivity index (χ2v) is 5.85. The number of aromatic nitrogens is 1. The molecule has 0 radical (unpaired) electrons. The summed E-state index contributed by atoms with van der Waals surface area (Å²) in [4.78, 5) is 4.27. The van der Waals surface area contributed by atoms with Crippen LogP contribution in [0.4, 0.5) is 0 Å². The Morgan fingerprint density at radius 1 is 1.21 bits per heavy atom. The van der Waals surface area contributed by atoms with Gasteiger partial charge in [-0.2, -0.15) is 0 Å². The first-order valence-corrected chi connectivity index (χ1v) is 6.82. The van der Waals surface area contributed by atoms with Crippen molar-refractivity contribution in [3.05, 3.63) is 23.9 Å². The minimum atomic E-state index is -0.122. The Hall–Kier alpha value is -1.13. The van der Waals surface area contributed by atoms with Crippen LogP contribution in [-0.2, 0) is 11.3 Å². The van der Waals surface area contributed by atoms with E-state index in [1.165, 1.54) is 0 Å². The molecule has 108 valence electrons. The number of nitrogens with zero attached hydrogens (tertiary/aromatic N) is 1. The Bertz CT molecular complexity index is 355. The van der Waals surface area contributed by atoms with Gasteiger partial charge in [0.25, 0.3) is 0 Å². The second kappa shape index (κ2) is 7.46. The summed E-state index contributed by atoms with van der Waals surface area (Å²) in [5.41, 5.74) is 1.04. The first-order valence-electron chi connectivity index (χ1n) is 6.82. The Balaban J connectivity index is 2.28. The van der Waals surface area contributed by atoms with Crippen LogP contribution in [-0.4, -0.2) is 29.8 Å². The molecule has 1 heterocycles. The monoisotopic (exact) mass is 266 g/mol. The van der Waals surface area contributed by atoms with Gasteiger partial charge in [0.2, 0.25) is 5.88 Å². The average molecular weight is 266 g/mol. The molecule has 0 saturated carbocycles. The summed E-state index contributed by atoms with van der Waals surface area (Å²) < 4.78 is 11.1. The van der Waals surface area contributed by atoms with E-state index in [2.05, 4.69) is 24.1 Å². The van der Waals surface area contributed by atoms with Crippen molar-refractivity contribution in [1.82, 2.24) is 10.3 Å². The van der Waals surface area contributed by atoms with Crippen LogP contribution in [0.1, 0.15) is 40.2 Å². The van der Waals surface area contributed by atoms with Gasteiger partial charge < -0.3 is 14.8 Å². The third-order valence-electron chi connectivity index (χ3n) is 2.38. The number of rotatable bonds is 7. The molecule has 4 nitrogen and oxygen atoms in total. The lowest BCUT2D eigenvalue weighted by atomic mass is 10.2. The quantitative estimate of drug-likeness (QED) is 0.771. The van der Waals surface area contributed by atoms with E-state index in [1.807, 2.05) is 39.1 Å². The van der Waals surface area contributed by atoms with Crippen molar-refractivity contribution in [3.63, 3.8) is 0 Å². The molecular weight excluding hydrogens is 240 g/mol. The van der Waals surface area contributed by atoms with E-state index in [9.17, 15) is 0 Å². The number of ether oxygens (including phenoxy) is 2. The van der Waals surface area contributed by atoms with Crippen molar-refractivity contribution >= 4 is 0 Å². The topological polar surface area (TPSA) is 43.4 Å². The van der Waals surface area contributed by atoms with Crippen LogP contribution in [0.2, 0.25) is 0 Å². The van der Waals surface area contributed by atoms with Gasteiger partial charge in [-0.05, 0) is 26.3 Å². The van der Waals surface area contributed by atoms with E-state index in [0.29, 0.717) is 25.1 Å². The molecular formula is C15H26N2O2. The number of hydrogen-bond acceptors (Lipinski definition) is 4. The van der Waals surface area contributed by atoms with E-state index in [0.717, 1.165) is 12.1 Å². The van der Waals surface area contributed by atoms with E-state index in [4.69, 9.17) is 9.47 Å². The van der Waals surface area contributed by atoms with Crippen LogP contribution >= 0.6 is 0 Å². The van der Waals surface area contributed by atoms with Crippen LogP contribution in [0.5, 0.6) is 5.88 Å². The van der Waals surface area contributed by atoms with E-state index >= 15 is 0 Å².